The van der Waals surface area contributed by atoms with Crippen LogP contribution >= 0.6 is 0 Å². The van der Waals surface area contributed by atoms with E-state index in [1.165, 1.54) is 6.92 Å². The topological polar surface area (TPSA) is 121 Å². The van der Waals surface area contributed by atoms with Gasteiger partial charge in [0, 0.05) is 13.3 Å². The number of pyridine rings is 1. The van der Waals surface area contributed by atoms with Gasteiger partial charge in [0.2, 0.25) is 0 Å². The Morgan fingerprint density at radius 2 is 2.04 bits per heavy atom. The largest absolute Gasteiger partial charge is 0.467 e. The van der Waals surface area contributed by atoms with Crippen LogP contribution < -0.4 is 5.32 Å². The van der Waals surface area contributed by atoms with Crippen molar-refractivity contribution >= 4 is 17.9 Å². The number of carbonyl (C=O) groups excluding carboxylic acids is 2. The lowest BCUT2D eigenvalue weighted by molar-refractivity contribution is -0.390. The Morgan fingerprint density at radius 3 is 2.52 bits per heavy atom. The molecule has 1 heterocycles. The summed E-state index contributed by atoms with van der Waals surface area (Å²) < 4.78 is 23.3. The van der Waals surface area contributed by atoms with E-state index in [-0.39, 0.29) is 17.7 Å². The summed E-state index contributed by atoms with van der Waals surface area (Å²) in [6, 6.07) is -0.393. The Balaban J connectivity index is 3.11. The standard InChI is InChI=1S/C15H20FN3O6/c1-8-10(16)6-9(12(17-8)19(22)23)7-11(13(20)24-5)18-14(21)25-15(2,3)4/h6,11H,7H2,1-5H3,(H,18,21)/t11-/m0/s1. The molecule has 0 bridgehead atoms. The predicted molar refractivity (Wildman–Crippen MR) is 84.5 cm³/mol. The molecule has 1 aromatic heterocycles. The van der Waals surface area contributed by atoms with Gasteiger partial charge in [0.25, 0.3) is 0 Å². The molecule has 0 aromatic carbocycles. The van der Waals surface area contributed by atoms with Crippen molar-refractivity contribution in [1.29, 1.82) is 0 Å². The van der Waals surface area contributed by atoms with E-state index in [0.717, 1.165) is 13.2 Å². The van der Waals surface area contributed by atoms with Crippen molar-refractivity contribution in [3.05, 3.63) is 33.3 Å². The first-order valence-electron chi connectivity index (χ1n) is 7.32. The van der Waals surface area contributed by atoms with Gasteiger partial charge in [-0.25, -0.2) is 14.0 Å². The van der Waals surface area contributed by atoms with Gasteiger partial charge in [-0.2, -0.15) is 0 Å². The van der Waals surface area contributed by atoms with E-state index >= 15 is 0 Å². The van der Waals surface area contributed by atoms with Gasteiger partial charge in [0.1, 0.15) is 11.6 Å². The van der Waals surface area contributed by atoms with Crippen LogP contribution in [0.2, 0.25) is 0 Å². The highest BCUT2D eigenvalue weighted by molar-refractivity contribution is 5.81. The average molecular weight is 357 g/mol. The molecule has 0 aliphatic rings. The third-order valence-corrected chi connectivity index (χ3v) is 2.98. The zero-order valence-corrected chi connectivity index (χ0v) is 14.6. The molecular formula is C15H20FN3O6. The van der Waals surface area contributed by atoms with E-state index in [9.17, 15) is 24.1 Å². The van der Waals surface area contributed by atoms with Gasteiger partial charge in [-0.15, -0.1) is 0 Å². The fraction of sp³-hybridized carbons (Fsp3) is 0.533. The molecular weight excluding hydrogens is 337 g/mol. The fourth-order valence-electron chi connectivity index (χ4n) is 1.92. The molecule has 0 saturated heterocycles. The third-order valence-electron chi connectivity index (χ3n) is 2.98. The van der Waals surface area contributed by atoms with E-state index in [0.29, 0.717) is 0 Å². The van der Waals surface area contributed by atoms with Crippen molar-refractivity contribution < 1.29 is 28.4 Å². The van der Waals surface area contributed by atoms with Crippen LogP contribution in [0.25, 0.3) is 0 Å². The first kappa shape index (κ1) is 20.3. The minimum absolute atomic E-state index is 0.148. The number of ether oxygens (including phenoxy) is 2. The highest BCUT2D eigenvalue weighted by Crippen LogP contribution is 2.21. The molecule has 1 rings (SSSR count). The SMILES string of the molecule is COC(=O)[C@H](Cc1cc(F)c(C)nc1[N+](=O)[O-])NC(=O)OC(C)(C)C. The van der Waals surface area contributed by atoms with Gasteiger partial charge in [0.15, 0.2) is 11.5 Å². The van der Waals surface area contributed by atoms with Crippen molar-refractivity contribution in [3.8, 4) is 0 Å². The molecule has 0 aliphatic carbocycles. The van der Waals surface area contributed by atoms with Crippen molar-refractivity contribution in [3.63, 3.8) is 0 Å². The molecule has 0 spiro atoms. The predicted octanol–water partition coefficient (Wildman–Crippen LogP) is 2.05. The number of alkyl carbamates (subject to hydrolysis) is 1. The van der Waals surface area contributed by atoms with Crippen LogP contribution in [0.5, 0.6) is 0 Å². The van der Waals surface area contributed by atoms with Gasteiger partial charge in [-0.05, 0) is 36.7 Å². The second-order valence-corrected chi connectivity index (χ2v) is 6.22. The van der Waals surface area contributed by atoms with E-state index in [1.807, 2.05) is 0 Å². The molecule has 1 amide bonds. The summed E-state index contributed by atoms with van der Waals surface area (Å²) in [5.41, 5.74) is -1.11. The quantitative estimate of drug-likeness (QED) is 0.486. The number of methoxy groups -OCH3 is 1. The maximum absolute atomic E-state index is 13.7. The van der Waals surface area contributed by atoms with Crippen LogP contribution in [0.15, 0.2) is 6.07 Å². The number of aromatic nitrogens is 1. The lowest BCUT2D eigenvalue weighted by Crippen LogP contribution is -2.45. The smallest absolute Gasteiger partial charge is 0.408 e. The number of halogens is 1. The van der Waals surface area contributed by atoms with Crippen LogP contribution in [0, 0.1) is 22.9 Å². The van der Waals surface area contributed by atoms with E-state index in [2.05, 4.69) is 15.0 Å². The molecule has 0 unspecified atom stereocenters. The summed E-state index contributed by atoms with van der Waals surface area (Å²) in [4.78, 5) is 37.6. The zero-order chi connectivity index (χ0) is 19.4. The highest BCUT2D eigenvalue weighted by Gasteiger charge is 2.29. The summed E-state index contributed by atoms with van der Waals surface area (Å²) in [6.45, 7) is 6.17. The normalized spacial score (nSPS) is 12.2. The third kappa shape index (κ3) is 5.98. The van der Waals surface area contributed by atoms with Gasteiger partial charge in [0.05, 0.1) is 12.7 Å². The molecule has 138 valence electrons. The van der Waals surface area contributed by atoms with Crippen molar-refractivity contribution in [1.82, 2.24) is 10.3 Å². The Bertz CT molecular complexity index is 687. The number of nitrogens with zero attached hydrogens (tertiary/aromatic N) is 2. The second kappa shape index (κ2) is 7.86. The van der Waals surface area contributed by atoms with Crippen molar-refractivity contribution in [2.45, 2.75) is 45.8 Å². The fourth-order valence-corrected chi connectivity index (χ4v) is 1.92. The summed E-state index contributed by atoms with van der Waals surface area (Å²) >= 11 is 0. The number of carbonyl (C=O) groups is 2. The highest BCUT2D eigenvalue weighted by atomic mass is 19.1. The van der Waals surface area contributed by atoms with Gasteiger partial charge >= 0.3 is 17.9 Å². The molecule has 1 aromatic rings. The number of amides is 1. The molecule has 0 aliphatic heterocycles. The zero-order valence-electron chi connectivity index (χ0n) is 14.6. The lowest BCUT2D eigenvalue weighted by Gasteiger charge is -2.22. The van der Waals surface area contributed by atoms with Crippen LogP contribution in [0.4, 0.5) is 15.0 Å². The average Bonchev–Trinajstić information content (AvgIpc) is 2.46. The number of hydrogen-bond donors (Lipinski definition) is 1. The van der Waals surface area contributed by atoms with Gasteiger partial charge in [-0.3, -0.25) is 0 Å². The molecule has 9 nitrogen and oxygen atoms in total. The minimum atomic E-state index is -1.30. The molecule has 25 heavy (non-hydrogen) atoms. The monoisotopic (exact) mass is 357 g/mol. The van der Waals surface area contributed by atoms with E-state index < -0.39 is 40.3 Å². The molecule has 1 atom stereocenters. The van der Waals surface area contributed by atoms with Crippen molar-refractivity contribution in [2.24, 2.45) is 0 Å². The van der Waals surface area contributed by atoms with E-state index in [1.54, 1.807) is 20.8 Å². The maximum atomic E-state index is 13.7. The number of rotatable bonds is 5. The Labute approximate surface area is 143 Å². The number of nitrogens with one attached hydrogen (secondary N) is 1. The van der Waals surface area contributed by atoms with Crippen LogP contribution in [0.3, 0.4) is 0 Å². The summed E-state index contributed by atoms with van der Waals surface area (Å²) in [6.07, 6.45) is -1.29. The van der Waals surface area contributed by atoms with Crippen molar-refractivity contribution in [2.75, 3.05) is 7.11 Å². The Morgan fingerprint density at radius 1 is 1.44 bits per heavy atom. The van der Waals surface area contributed by atoms with Crippen LogP contribution in [0.1, 0.15) is 32.0 Å². The molecule has 1 N–H and O–H groups in total. The van der Waals surface area contributed by atoms with Crippen LogP contribution in [-0.4, -0.2) is 40.7 Å². The number of aryl methyl sites for hydroxylation is 1. The maximum Gasteiger partial charge on any atom is 0.408 e. The summed E-state index contributed by atoms with van der Waals surface area (Å²) in [7, 11) is 1.09. The summed E-state index contributed by atoms with van der Waals surface area (Å²) in [5, 5.41) is 13.4. The number of hydrogen-bond acceptors (Lipinski definition) is 7. The minimum Gasteiger partial charge on any atom is -0.467 e. The Kier molecular flexibility index (Phi) is 6.37. The van der Waals surface area contributed by atoms with Crippen LogP contribution in [-0.2, 0) is 20.7 Å². The van der Waals surface area contributed by atoms with Gasteiger partial charge < -0.3 is 24.9 Å². The summed E-state index contributed by atoms with van der Waals surface area (Å²) in [5.74, 6) is -2.22. The first-order chi connectivity index (χ1) is 11.4. The Hall–Kier alpha value is -2.78. The number of nitro groups is 1. The van der Waals surface area contributed by atoms with E-state index in [4.69, 9.17) is 4.74 Å². The molecule has 0 fully saturated rings. The molecule has 0 radical (unpaired) electrons. The lowest BCUT2D eigenvalue weighted by atomic mass is 10.1. The second-order valence-electron chi connectivity index (χ2n) is 6.22. The molecule has 10 heteroatoms. The van der Waals surface area contributed by atoms with Gasteiger partial charge in [-0.1, -0.05) is 0 Å². The molecule has 0 saturated carbocycles. The first-order valence-corrected chi connectivity index (χ1v) is 7.32. The number of esters is 1.